The summed E-state index contributed by atoms with van der Waals surface area (Å²) in [6.45, 7) is 3.85. The summed E-state index contributed by atoms with van der Waals surface area (Å²) in [6.07, 6.45) is 4.46. The number of carbonyl (C=O) groups excluding carboxylic acids is 1. The lowest BCUT2D eigenvalue weighted by Gasteiger charge is -2.23. The van der Waals surface area contributed by atoms with Crippen LogP contribution in [0.2, 0.25) is 0 Å². The molecule has 9 nitrogen and oxygen atoms in total. The molecule has 10 heteroatoms. The molecule has 232 valence electrons. The van der Waals surface area contributed by atoms with Gasteiger partial charge in [-0.25, -0.2) is 8.42 Å². The highest BCUT2D eigenvalue weighted by Crippen LogP contribution is 2.31. The zero-order chi connectivity index (χ0) is 32.1. The lowest BCUT2D eigenvalue weighted by Crippen LogP contribution is -2.33. The molecule has 0 aliphatic heterocycles. The van der Waals surface area contributed by atoms with Crippen LogP contribution in [0.1, 0.15) is 74.5 Å². The van der Waals surface area contributed by atoms with Crippen molar-refractivity contribution in [2.45, 2.75) is 80.7 Å². The van der Waals surface area contributed by atoms with Crippen LogP contribution in [-0.2, 0) is 27.5 Å². The van der Waals surface area contributed by atoms with Crippen molar-refractivity contribution in [2.24, 2.45) is 0 Å². The van der Waals surface area contributed by atoms with Gasteiger partial charge in [0.1, 0.15) is 5.82 Å². The number of nitrogens with one attached hydrogen (secondary N) is 1. The van der Waals surface area contributed by atoms with E-state index in [1.807, 2.05) is 38.1 Å². The van der Waals surface area contributed by atoms with Gasteiger partial charge in [-0.15, -0.1) is 0 Å². The van der Waals surface area contributed by atoms with Gasteiger partial charge < -0.3 is 10.4 Å². The quantitative estimate of drug-likeness (QED) is 0.212. The molecule has 1 saturated carbocycles. The topological polar surface area (TPSA) is 142 Å². The van der Waals surface area contributed by atoms with E-state index in [0.717, 1.165) is 30.4 Å². The van der Waals surface area contributed by atoms with Crippen LogP contribution >= 0.6 is 0 Å². The van der Waals surface area contributed by atoms with E-state index in [2.05, 4.69) is 16.4 Å². The Hall–Kier alpha value is -4.75. The van der Waals surface area contributed by atoms with Crippen molar-refractivity contribution in [3.8, 4) is 23.1 Å². The maximum absolute atomic E-state index is 14.1. The van der Waals surface area contributed by atoms with Crippen LogP contribution in [0.5, 0.6) is 5.88 Å². The molecule has 2 N–H and O–H groups in total. The summed E-state index contributed by atoms with van der Waals surface area (Å²) < 4.78 is 29.3. The Labute approximate surface area is 263 Å². The number of hydrogen-bond acceptors (Lipinski definition) is 7. The Morgan fingerprint density at radius 2 is 1.82 bits per heavy atom. The first kappa shape index (κ1) is 31.7. The molecule has 1 heterocycles. The summed E-state index contributed by atoms with van der Waals surface area (Å²) in [6, 6.07) is 22.1. The van der Waals surface area contributed by atoms with Gasteiger partial charge >= 0.3 is 0 Å². The van der Waals surface area contributed by atoms with Gasteiger partial charge in [0.2, 0.25) is 21.6 Å². The maximum Gasteiger partial charge on any atom is 0.277 e. The molecule has 0 radical (unpaired) electrons. The fraction of sp³-hybridized carbons (Fsp3) is 0.314. The van der Waals surface area contributed by atoms with Gasteiger partial charge in [-0.05, 0) is 72.2 Å². The average molecular weight is 625 g/mol. The van der Waals surface area contributed by atoms with E-state index in [9.17, 15) is 28.4 Å². The monoisotopic (exact) mass is 624 g/mol. The van der Waals surface area contributed by atoms with E-state index in [1.165, 1.54) is 16.7 Å². The molecule has 1 aliphatic carbocycles. The minimum Gasteiger partial charge on any atom is -0.492 e. The first-order valence-corrected chi connectivity index (χ1v) is 16.7. The predicted molar refractivity (Wildman–Crippen MR) is 171 cm³/mol. The van der Waals surface area contributed by atoms with E-state index in [0.29, 0.717) is 36.0 Å². The van der Waals surface area contributed by atoms with Gasteiger partial charge in [0.05, 0.1) is 29.0 Å². The van der Waals surface area contributed by atoms with Crippen molar-refractivity contribution < 1.29 is 18.3 Å². The van der Waals surface area contributed by atoms with Crippen molar-refractivity contribution >= 4 is 15.7 Å². The Balaban J connectivity index is 1.55. The van der Waals surface area contributed by atoms with E-state index < -0.39 is 32.2 Å². The first-order valence-electron chi connectivity index (χ1n) is 15.2. The van der Waals surface area contributed by atoms with Gasteiger partial charge in [-0.3, -0.25) is 14.2 Å². The van der Waals surface area contributed by atoms with Crippen molar-refractivity contribution in [3.63, 3.8) is 0 Å². The predicted octanol–water partition coefficient (Wildman–Crippen LogP) is 5.48. The number of aromatic nitrogens is 2. The standard InChI is InChI=1S/C35H36N4O5S/c1-3-5-13-31-38-34(41)33(35(42)39(31)30(4-2)26-11-8-9-23(20-26)22-36)45(43,44)28-18-14-24(15-19-28)29-12-7-6-10-25(29)21-32(40)37-27-16-17-27/h6-12,14-15,18-20,27,30,41H,3-5,13,16-17,21H2,1-2H3,(H,37,40)/t30-/m0/s1. The third-order valence-electron chi connectivity index (χ3n) is 8.04. The molecule has 0 bridgehead atoms. The average Bonchev–Trinajstić information content (AvgIpc) is 3.85. The molecule has 0 spiro atoms. The molecule has 1 aromatic heterocycles. The fourth-order valence-corrected chi connectivity index (χ4v) is 6.91. The molecule has 45 heavy (non-hydrogen) atoms. The Bertz CT molecular complexity index is 1920. The van der Waals surface area contributed by atoms with Crippen molar-refractivity contribution in [1.82, 2.24) is 14.9 Å². The van der Waals surface area contributed by atoms with Crippen molar-refractivity contribution in [2.75, 3.05) is 0 Å². The molecule has 0 unspecified atom stereocenters. The lowest BCUT2D eigenvalue weighted by atomic mass is 9.97. The summed E-state index contributed by atoms with van der Waals surface area (Å²) in [5.41, 5.74) is 2.54. The number of unbranched alkanes of at least 4 members (excludes halogenated alkanes) is 1. The minimum atomic E-state index is -4.49. The normalized spacial score (nSPS) is 13.6. The summed E-state index contributed by atoms with van der Waals surface area (Å²) in [5, 5.41) is 23.4. The summed E-state index contributed by atoms with van der Waals surface area (Å²) in [4.78, 5) is 29.9. The number of benzene rings is 3. The number of nitrogens with zero attached hydrogens (tertiary/aromatic N) is 3. The second kappa shape index (κ2) is 13.5. The fourth-order valence-electron chi connectivity index (χ4n) is 5.57. The number of hydrogen-bond donors (Lipinski definition) is 2. The number of aromatic hydroxyl groups is 1. The Kier molecular flexibility index (Phi) is 9.49. The Morgan fingerprint density at radius 1 is 1.09 bits per heavy atom. The summed E-state index contributed by atoms with van der Waals surface area (Å²) in [5.74, 6) is -0.611. The third kappa shape index (κ3) is 6.84. The molecule has 5 rings (SSSR count). The van der Waals surface area contributed by atoms with Gasteiger partial charge in [0, 0.05) is 12.5 Å². The number of aryl methyl sites for hydroxylation is 1. The van der Waals surface area contributed by atoms with Crippen LogP contribution in [0.15, 0.2) is 87.4 Å². The van der Waals surface area contributed by atoms with E-state index in [1.54, 1.807) is 36.4 Å². The van der Waals surface area contributed by atoms with Crippen LogP contribution in [0, 0.1) is 11.3 Å². The molecule has 1 atom stereocenters. The third-order valence-corrected chi connectivity index (χ3v) is 9.82. The number of nitriles is 1. The van der Waals surface area contributed by atoms with Gasteiger partial charge in [0.15, 0.2) is 4.90 Å². The molecule has 1 fully saturated rings. The largest absolute Gasteiger partial charge is 0.492 e. The van der Waals surface area contributed by atoms with Gasteiger partial charge in [-0.2, -0.15) is 10.2 Å². The number of sulfone groups is 1. The van der Waals surface area contributed by atoms with Crippen LogP contribution in [-0.4, -0.2) is 35.0 Å². The highest BCUT2D eigenvalue weighted by atomic mass is 32.2. The summed E-state index contributed by atoms with van der Waals surface area (Å²) in [7, 11) is -4.49. The van der Waals surface area contributed by atoms with Crippen LogP contribution in [0.3, 0.4) is 0 Å². The van der Waals surface area contributed by atoms with E-state index >= 15 is 0 Å². The highest BCUT2D eigenvalue weighted by molar-refractivity contribution is 7.91. The SMILES string of the molecule is CCCCc1nc(O)c(S(=O)(=O)c2ccc(-c3ccccc3CC(=O)NC3CC3)cc2)c(=O)n1[C@@H](CC)c1cccc(C#N)c1. The zero-order valence-electron chi connectivity index (χ0n) is 25.4. The lowest BCUT2D eigenvalue weighted by molar-refractivity contribution is -0.120. The van der Waals surface area contributed by atoms with Gasteiger partial charge in [0.25, 0.3) is 5.56 Å². The molecule has 1 aliphatic rings. The second-order valence-electron chi connectivity index (χ2n) is 11.3. The maximum atomic E-state index is 14.1. The second-order valence-corrected chi connectivity index (χ2v) is 13.2. The van der Waals surface area contributed by atoms with E-state index in [-0.39, 0.29) is 29.1 Å². The highest BCUT2D eigenvalue weighted by Gasteiger charge is 2.32. The molecule has 3 aromatic carbocycles. The number of rotatable bonds is 12. The molecule has 4 aromatic rings. The molecule has 0 saturated heterocycles. The van der Waals surface area contributed by atoms with Crippen molar-refractivity contribution in [1.29, 1.82) is 5.26 Å². The van der Waals surface area contributed by atoms with Crippen LogP contribution in [0.4, 0.5) is 0 Å². The van der Waals surface area contributed by atoms with Gasteiger partial charge in [-0.1, -0.05) is 68.8 Å². The van der Waals surface area contributed by atoms with E-state index in [4.69, 9.17) is 0 Å². The molecule has 1 amide bonds. The molecular formula is C35H36N4O5S. The number of carbonyl (C=O) groups is 1. The smallest absolute Gasteiger partial charge is 0.277 e. The minimum absolute atomic E-state index is 0.0597. The Morgan fingerprint density at radius 3 is 2.49 bits per heavy atom. The number of amides is 1. The van der Waals surface area contributed by atoms with Crippen molar-refractivity contribution in [3.05, 3.63) is 106 Å². The zero-order valence-corrected chi connectivity index (χ0v) is 26.2. The van der Waals surface area contributed by atoms with Crippen LogP contribution in [0.25, 0.3) is 11.1 Å². The summed E-state index contributed by atoms with van der Waals surface area (Å²) >= 11 is 0. The van der Waals surface area contributed by atoms with Crippen LogP contribution < -0.4 is 10.9 Å². The molecular weight excluding hydrogens is 588 g/mol. The first-order chi connectivity index (χ1) is 21.7.